The summed E-state index contributed by atoms with van der Waals surface area (Å²) in [7, 11) is 9.69. The van der Waals surface area contributed by atoms with Crippen LogP contribution >= 0.6 is 58.0 Å². The van der Waals surface area contributed by atoms with Crippen molar-refractivity contribution in [2.24, 2.45) is 25.9 Å². The van der Waals surface area contributed by atoms with Gasteiger partial charge >= 0.3 is 0 Å². The smallest absolute Gasteiger partial charge is 0.244 e. The van der Waals surface area contributed by atoms with Crippen molar-refractivity contribution in [3.8, 4) is 45.5 Å². The van der Waals surface area contributed by atoms with E-state index >= 15 is 0 Å². The number of halogens is 5. The minimum absolute atomic E-state index is 0.111. The SMILES string of the molecule is C=CC(=O)Cc1cn(C)nc1Nc1ncc2cc(-c3c(Cl)c(OC)cc(OC)c3Cl)nc(NCC3CC3)c2n1.C=CC(=O)Cl.COc1cc(OC)c(Cl)c(-c2cc3cnc(Nc4nn(C)cc4N)nc3c(NCC3CC3)n2)c1Cl. The number of methoxy groups -OCH3 is 4. The predicted molar refractivity (Wildman–Crippen MR) is 312 cm³/mol. The Kier molecular flexibility index (Phi) is 18.5. The number of aryl methyl sites for hydroxylation is 2. The summed E-state index contributed by atoms with van der Waals surface area (Å²) in [6.07, 6.45) is 14.1. The molecule has 0 bridgehead atoms. The number of ketones is 1. The summed E-state index contributed by atoms with van der Waals surface area (Å²) in [6.45, 7) is 8.17. The summed E-state index contributed by atoms with van der Waals surface area (Å²) >= 11 is 31.4. The van der Waals surface area contributed by atoms with Crippen LogP contribution in [0.2, 0.25) is 20.1 Å². The second-order valence-electron chi connectivity index (χ2n) is 18.1. The number of pyridine rings is 2. The van der Waals surface area contributed by atoms with Gasteiger partial charge in [-0.3, -0.25) is 19.0 Å². The number of nitrogens with two attached hydrogens (primary N) is 1. The molecule has 0 unspecified atom stereocenters. The molecule has 21 nitrogen and oxygen atoms in total. The van der Waals surface area contributed by atoms with Gasteiger partial charge in [-0.05, 0) is 73.4 Å². The zero-order valence-corrected chi connectivity index (χ0v) is 47.5. The van der Waals surface area contributed by atoms with Gasteiger partial charge in [-0.15, -0.1) is 0 Å². The number of nitrogens with zero attached hydrogens (tertiary/aromatic N) is 10. The fraction of sp³-hybridized carbons (Fsp3) is 0.283. The first-order valence-electron chi connectivity index (χ1n) is 24.3. The first kappa shape index (κ1) is 57.5. The van der Waals surface area contributed by atoms with Crippen LogP contribution in [0.5, 0.6) is 23.0 Å². The molecule has 2 fully saturated rings. The fourth-order valence-electron chi connectivity index (χ4n) is 7.90. The van der Waals surface area contributed by atoms with Crippen LogP contribution in [0.1, 0.15) is 31.2 Å². The summed E-state index contributed by atoms with van der Waals surface area (Å²) in [5.41, 5.74) is 10.5. The number of nitrogens with one attached hydrogen (secondary N) is 4. The van der Waals surface area contributed by atoms with Crippen LogP contribution in [0, 0.1) is 11.8 Å². The molecule has 0 amide bonds. The van der Waals surface area contributed by atoms with Crippen molar-refractivity contribution in [2.75, 3.05) is 68.5 Å². The second kappa shape index (κ2) is 25.4. The van der Waals surface area contributed by atoms with Crippen LogP contribution in [0.4, 0.5) is 40.9 Å². The number of anilines is 7. The maximum atomic E-state index is 12.0. The summed E-state index contributed by atoms with van der Waals surface area (Å²) in [4.78, 5) is 49.6. The van der Waals surface area contributed by atoms with E-state index in [4.69, 9.17) is 103 Å². The maximum absolute atomic E-state index is 12.0. The van der Waals surface area contributed by atoms with Crippen LogP contribution in [0.25, 0.3) is 44.3 Å². The highest BCUT2D eigenvalue weighted by Gasteiger charge is 2.27. The molecule has 10 rings (SSSR count). The van der Waals surface area contributed by atoms with E-state index in [2.05, 4.69) is 54.6 Å². The number of allylic oxidation sites excluding steroid dienone is 2. The average molecular weight is 1170 g/mol. The third-order valence-electron chi connectivity index (χ3n) is 12.3. The van der Waals surface area contributed by atoms with Gasteiger partial charge in [-0.1, -0.05) is 59.6 Å². The molecule has 0 spiro atoms. The summed E-state index contributed by atoms with van der Waals surface area (Å²) in [5, 5.41) is 24.1. The number of carbonyl (C=O) groups is 2. The van der Waals surface area contributed by atoms with Gasteiger partial charge < -0.3 is 45.9 Å². The van der Waals surface area contributed by atoms with Crippen molar-refractivity contribution in [3.05, 3.63) is 100 Å². The van der Waals surface area contributed by atoms with Crippen molar-refractivity contribution in [2.45, 2.75) is 32.1 Å². The highest BCUT2D eigenvalue weighted by atomic mass is 35.5. The van der Waals surface area contributed by atoms with Crippen LogP contribution in [0.15, 0.2) is 74.4 Å². The van der Waals surface area contributed by atoms with Crippen molar-refractivity contribution in [1.82, 2.24) is 49.5 Å². The molecule has 0 saturated heterocycles. The topological polar surface area (TPSA) is 258 Å². The van der Waals surface area contributed by atoms with Crippen LogP contribution in [-0.2, 0) is 30.1 Å². The summed E-state index contributed by atoms with van der Waals surface area (Å²) in [6, 6.07) is 6.94. The molecule has 26 heteroatoms. The fourth-order valence-corrected chi connectivity index (χ4v) is 9.29. The van der Waals surface area contributed by atoms with E-state index < -0.39 is 5.24 Å². The Morgan fingerprint density at radius 2 is 1.04 bits per heavy atom. The molecule has 79 heavy (non-hydrogen) atoms. The Bertz CT molecular complexity index is 3570. The normalized spacial score (nSPS) is 12.6. The molecule has 0 atom stereocenters. The summed E-state index contributed by atoms with van der Waals surface area (Å²) < 4.78 is 25.0. The van der Waals surface area contributed by atoms with E-state index in [1.54, 1.807) is 60.4 Å². The van der Waals surface area contributed by atoms with E-state index in [1.165, 1.54) is 60.2 Å². The van der Waals surface area contributed by atoms with Crippen molar-refractivity contribution in [3.63, 3.8) is 0 Å². The molecule has 8 aromatic rings. The molecule has 6 N–H and O–H groups in total. The maximum Gasteiger partial charge on any atom is 0.244 e. The Labute approximate surface area is 479 Å². The van der Waals surface area contributed by atoms with E-state index in [0.29, 0.717) is 135 Å². The van der Waals surface area contributed by atoms with E-state index in [-0.39, 0.29) is 12.2 Å². The van der Waals surface area contributed by atoms with E-state index in [9.17, 15) is 9.59 Å². The molecule has 2 aliphatic carbocycles. The number of ether oxygens (including phenoxy) is 4. The minimum atomic E-state index is -0.509. The number of hydrogen-bond donors (Lipinski definition) is 5. The number of rotatable bonds is 20. The van der Waals surface area contributed by atoms with E-state index in [1.807, 2.05) is 12.1 Å². The van der Waals surface area contributed by atoms with Gasteiger partial charge in [0, 0.05) is 98.0 Å². The minimum Gasteiger partial charge on any atom is -0.495 e. The monoisotopic (exact) mass is 1170 g/mol. The molecule has 0 aliphatic heterocycles. The van der Waals surface area contributed by atoms with Gasteiger partial charge in [0.15, 0.2) is 29.1 Å². The molecule has 0 radical (unpaired) electrons. The quantitative estimate of drug-likeness (QED) is 0.0351. The zero-order chi connectivity index (χ0) is 56.7. The van der Waals surface area contributed by atoms with Gasteiger partial charge in [0.25, 0.3) is 0 Å². The molecule has 6 aromatic heterocycles. The molecule has 2 aliphatic rings. The third-order valence-corrected chi connectivity index (χ3v) is 13.9. The summed E-state index contributed by atoms with van der Waals surface area (Å²) in [5.74, 6) is 5.59. The van der Waals surface area contributed by atoms with Crippen LogP contribution in [-0.4, -0.2) is 102 Å². The third kappa shape index (κ3) is 13.8. The van der Waals surface area contributed by atoms with Crippen LogP contribution in [0.3, 0.4) is 0 Å². The Morgan fingerprint density at radius 3 is 1.41 bits per heavy atom. The van der Waals surface area contributed by atoms with Crippen molar-refractivity contribution in [1.29, 1.82) is 0 Å². The number of carbonyl (C=O) groups excluding carboxylic acids is 2. The first-order chi connectivity index (χ1) is 37.9. The lowest BCUT2D eigenvalue weighted by atomic mass is 10.1. The Balaban J connectivity index is 0.000000193. The molecular formula is C53H54Cl5N15O6. The molecule has 412 valence electrons. The standard InChI is InChI=1S/C27H27Cl2N7O3.C23H24Cl2N8O2.C3H3ClO/c1-5-17(37)8-16-13-36(2)35-25(16)34-27-31-12-15-9-18(32-26(24(15)33-27)30-11-14-6-7-14)21-22(28)19(38-3)10-20(39-4)23(21)29;1-33-10-13(26)21(32-33)31-23-28-9-12-6-14(29-22(20(12)30-23)27-8-11-4-5-11)17-18(24)15(34-2)7-16(35-3)19(17)25;1-2-3(4)5/h5,9-10,12-14H,1,6-8,11H2,2-4H3,(H,30,32)(H,31,33,34,35);6-7,9-11H,4-5,8,26H2,1-3H3,(H,27,29)(H,28,30,31,32);2H,1H2. The zero-order valence-electron chi connectivity index (χ0n) is 43.7. The van der Waals surface area contributed by atoms with Gasteiger partial charge in [-0.25, -0.2) is 29.9 Å². The lowest BCUT2D eigenvalue weighted by Crippen LogP contribution is -2.08. The average Bonchev–Trinajstić information content (AvgIpc) is 4.44. The van der Waals surface area contributed by atoms with Crippen LogP contribution < -0.4 is 45.9 Å². The largest absolute Gasteiger partial charge is 0.495 e. The number of hydrogen-bond acceptors (Lipinski definition) is 19. The van der Waals surface area contributed by atoms with Gasteiger partial charge in [-0.2, -0.15) is 10.2 Å². The highest BCUT2D eigenvalue weighted by molar-refractivity contribution is 6.66. The first-order valence-corrected chi connectivity index (χ1v) is 26.2. The molecule has 2 saturated carbocycles. The van der Waals surface area contributed by atoms with Gasteiger partial charge in [0.05, 0.1) is 65.6 Å². The molecule has 2 aromatic carbocycles. The predicted octanol–water partition coefficient (Wildman–Crippen LogP) is 11.4. The molecular weight excluding hydrogens is 1120 g/mol. The Morgan fingerprint density at radius 1 is 0.633 bits per heavy atom. The highest BCUT2D eigenvalue weighted by Crippen LogP contribution is 2.48. The molecule has 6 heterocycles. The van der Waals surface area contributed by atoms with Crippen molar-refractivity contribution >= 4 is 132 Å². The number of fused-ring (bicyclic) bond motifs is 2. The Hall–Kier alpha value is -7.69. The number of aromatic nitrogens is 10. The lowest BCUT2D eigenvalue weighted by Gasteiger charge is -2.16. The lowest BCUT2D eigenvalue weighted by molar-refractivity contribution is -0.114. The number of nitrogen functional groups attached to an aromatic ring is 1. The van der Waals surface area contributed by atoms with Crippen molar-refractivity contribution < 1.29 is 28.5 Å². The second-order valence-corrected chi connectivity index (χ2v) is 20.0. The number of benzene rings is 2. The van der Waals surface area contributed by atoms with E-state index in [0.717, 1.165) is 29.9 Å². The van der Waals surface area contributed by atoms with Gasteiger partial charge in [0.2, 0.25) is 17.1 Å². The van der Waals surface area contributed by atoms with Gasteiger partial charge in [0.1, 0.15) is 34.0 Å².